The van der Waals surface area contributed by atoms with Gasteiger partial charge in [-0.1, -0.05) is 13.8 Å². The van der Waals surface area contributed by atoms with Gasteiger partial charge >= 0.3 is 0 Å². The van der Waals surface area contributed by atoms with Gasteiger partial charge < -0.3 is 10.6 Å². The standard InChI is InChI=1S/C12H26N2/c1-10(2)9-12(13)5-7-14(8-6-12)11(3)4/h10-11H,5-9,13H2,1-4H3. The third kappa shape index (κ3) is 3.25. The Hall–Kier alpha value is -0.0800. The molecule has 0 spiro atoms. The second-order valence-corrected chi connectivity index (χ2v) is 5.59. The molecule has 2 nitrogen and oxygen atoms in total. The molecule has 14 heavy (non-hydrogen) atoms. The summed E-state index contributed by atoms with van der Waals surface area (Å²) in [7, 11) is 0. The highest BCUT2D eigenvalue weighted by atomic mass is 15.2. The summed E-state index contributed by atoms with van der Waals surface area (Å²) in [6.07, 6.45) is 3.52. The van der Waals surface area contributed by atoms with Gasteiger partial charge in [0.15, 0.2) is 0 Å². The summed E-state index contributed by atoms with van der Waals surface area (Å²) in [5.41, 5.74) is 6.52. The van der Waals surface area contributed by atoms with Gasteiger partial charge in [-0.2, -0.15) is 0 Å². The molecule has 2 N–H and O–H groups in total. The van der Waals surface area contributed by atoms with Gasteiger partial charge in [0, 0.05) is 24.7 Å². The number of nitrogens with two attached hydrogens (primary N) is 1. The maximum Gasteiger partial charge on any atom is 0.0181 e. The second kappa shape index (κ2) is 4.63. The summed E-state index contributed by atoms with van der Waals surface area (Å²) in [6.45, 7) is 11.4. The fourth-order valence-electron chi connectivity index (χ4n) is 2.50. The van der Waals surface area contributed by atoms with Crippen molar-refractivity contribution in [1.29, 1.82) is 0 Å². The van der Waals surface area contributed by atoms with Crippen molar-refractivity contribution in [3.05, 3.63) is 0 Å². The van der Waals surface area contributed by atoms with Crippen molar-refractivity contribution in [2.75, 3.05) is 13.1 Å². The highest BCUT2D eigenvalue weighted by Gasteiger charge is 2.31. The Balaban J connectivity index is 2.41. The first kappa shape index (κ1) is 12.0. The Labute approximate surface area is 88.8 Å². The average molecular weight is 198 g/mol. The van der Waals surface area contributed by atoms with Crippen LogP contribution in [0.1, 0.15) is 47.0 Å². The largest absolute Gasteiger partial charge is 0.325 e. The molecule has 1 fully saturated rings. The molecule has 1 rings (SSSR count). The normalized spacial score (nSPS) is 23.4. The number of hydrogen-bond acceptors (Lipinski definition) is 2. The van der Waals surface area contributed by atoms with Gasteiger partial charge in [-0.05, 0) is 39.0 Å². The maximum absolute atomic E-state index is 6.40. The molecule has 1 aliphatic heterocycles. The SMILES string of the molecule is CC(C)CC1(N)CCN(C(C)C)CC1. The van der Waals surface area contributed by atoms with Crippen LogP contribution in [0.4, 0.5) is 0 Å². The molecule has 84 valence electrons. The first-order chi connectivity index (χ1) is 6.43. The third-order valence-corrected chi connectivity index (χ3v) is 3.34. The number of likely N-dealkylation sites (tertiary alicyclic amines) is 1. The van der Waals surface area contributed by atoms with Gasteiger partial charge in [-0.25, -0.2) is 0 Å². The molecule has 0 radical (unpaired) electrons. The number of rotatable bonds is 3. The first-order valence-electron chi connectivity index (χ1n) is 5.96. The molecule has 1 heterocycles. The molecular formula is C12H26N2. The molecule has 0 aromatic heterocycles. The lowest BCUT2D eigenvalue weighted by Crippen LogP contribution is -2.52. The molecular weight excluding hydrogens is 172 g/mol. The van der Waals surface area contributed by atoms with Crippen molar-refractivity contribution in [2.45, 2.75) is 58.5 Å². The van der Waals surface area contributed by atoms with Crippen LogP contribution in [0.15, 0.2) is 0 Å². The zero-order valence-corrected chi connectivity index (χ0v) is 10.2. The summed E-state index contributed by atoms with van der Waals surface area (Å²) < 4.78 is 0. The predicted molar refractivity (Wildman–Crippen MR) is 62.3 cm³/mol. The molecule has 0 unspecified atom stereocenters. The van der Waals surface area contributed by atoms with Gasteiger partial charge in [0.25, 0.3) is 0 Å². The van der Waals surface area contributed by atoms with E-state index in [1.807, 2.05) is 0 Å². The molecule has 0 atom stereocenters. The van der Waals surface area contributed by atoms with E-state index in [0.717, 1.165) is 5.92 Å². The van der Waals surface area contributed by atoms with Crippen molar-refractivity contribution in [1.82, 2.24) is 4.90 Å². The first-order valence-corrected chi connectivity index (χ1v) is 5.96. The topological polar surface area (TPSA) is 29.3 Å². The zero-order valence-electron chi connectivity index (χ0n) is 10.2. The molecule has 2 heteroatoms. The molecule has 0 saturated carbocycles. The van der Waals surface area contributed by atoms with E-state index in [0.29, 0.717) is 6.04 Å². The minimum absolute atomic E-state index is 0.125. The Morgan fingerprint density at radius 3 is 2.00 bits per heavy atom. The maximum atomic E-state index is 6.40. The average Bonchev–Trinajstić information content (AvgIpc) is 2.02. The Morgan fingerprint density at radius 2 is 1.64 bits per heavy atom. The van der Waals surface area contributed by atoms with Crippen LogP contribution in [0.25, 0.3) is 0 Å². The monoisotopic (exact) mass is 198 g/mol. The highest BCUT2D eigenvalue weighted by Crippen LogP contribution is 2.27. The van der Waals surface area contributed by atoms with Crippen molar-refractivity contribution in [3.8, 4) is 0 Å². The quantitative estimate of drug-likeness (QED) is 0.753. The second-order valence-electron chi connectivity index (χ2n) is 5.59. The van der Waals surface area contributed by atoms with Crippen LogP contribution in [0.3, 0.4) is 0 Å². The minimum atomic E-state index is 0.125. The summed E-state index contributed by atoms with van der Waals surface area (Å²) in [4.78, 5) is 2.53. The molecule has 1 saturated heterocycles. The van der Waals surface area contributed by atoms with E-state index in [9.17, 15) is 0 Å². The fraction of sp³-hybridized carbons (Fsp3) is 1.00. The number of piperidine rings is 1. The molecule has 1 aliphatic rings. The van der Waals surface area contributed by atoms with Crippen LogP contribution in [0.2, 0.25) is 0 Å². The van der Waals surface area contributed by atoms with Crippen molar-refractivity contribution in [3.63, 3.8) is 0 Å². The van der Waals surface area contributed by atoms with Gasteiger partial charge in [0.1, 0.15) is 0 Å². The van der Waals surface area contributed by atoms with E-state index < -0.39 is 0 Å². The van der Waals surface area contributed by atoms with Crippen molar-refractivity contribution < 1.29 is 0 Å². The van der Waals surface area contributed by atoms with E-state index in [1.54, 1.807) is 0 Å². The van der Waals surface area contributed by atoms with Gasteiger partial charge in [-0.3, -0.25) is 0 Å². The Kier molecular flexibility index (Phi) is 3.96. The van der Waals surface area contributed by atoms with E-state index >= 15 is 0 Å². The third-order valence-electron chi connectivity index (χ3n) is 3.34. The fourth-order valence-corrected chi connectivity index (χ4v) is 2.50. The summed E-state index contributed by atoms with van der Waals surface area (Å²) in [5.74, 6) is 0.727. The molecule has 0 aliphatic carbocycles. The molecule has 0 aromatic rings. The Morgan fingerprint density at radius 1 is 1.14 bits per heavy atom. The zero-order chi connectivity index (χ0) is 10.8. The molecule has 0 aromatic carbocycles. The summed E-state index contributed by atoms with van der Waals surface area (Å²) in [6, 6.07) is 0.679. The lowest BCUT2D eigenvalue weighted by atomic mass is 9.81. The predicted octanol–water partition coefficient (Wildman–Crippen LogP) is 2.23. The Bertz CT molecular complexity index is 167. The lowest BCUT2D eigenvalue weighted by molar-refractivity contribution is 0.120. The minimum Gasteiger partial charge on any atom is -0.325 e. The molecule has 0 amide bonds. The van der Waals surface area contributed by atoms with Crippen molar-refractivity contribution in [2.24, 2.45) is 11.7 Å². The van der Waals surface area contributed by atoms with Crippen LogP contribution in [0, 0.1) is 5.92 Å². The van der Waals surface area contributed by atoms with E-state index in [2.05, 4.69) is 32.6 Å². The van der Waals surface area contributed by atoms with E-state index in [1.165, 1.54) is 32.4 Å². The number of nitrogens with zero attached hydrogens (tertiary/aromatic N) is 1. The van der Waals surface area contributed by atoms with Crippen LogP contribution < -0.4 is 5.73 Å². The van der Waals surface area contributed by atoms with Crippen LogP contribution in [-0.2, 0) is 0 Å². The van der Waals surface area contributed by atoms with Gasteiger partial charge in [0.2, 0.25) is 0 Å². The van der Waals surface area contributed by atoms with Crippen LogP contribution in [0.5, 0.6) is 0 Å². The lowest BCUT2D eigenvalue weighted by Gasteiger charge is -2.41. The highest BCUT2D eigenvalue weighted by molar-refractivity contribution is 4.91. The van der Waals surface area contributed by atoms with Gasteiger partial charge in [0.05, 0.1) is 0 Å². The smallest absolute Gasteiger partial charge is 0.0181 e. The van der Waals surface area contributed by atoms with Crippen LogP contribution in [-0.4, -0.2) is 29.6 Å². The van der Waals surface area contributed by atoms with Crippen molar-refractivity contribution >= 4 is 0 Å². The van der Waals surface area contributed by atoms with E-state index in [-0.39, 0.29) is 5.54 Å². The summed E-state index contributed by atoms with van der Waals surface area (Å²) >= 11 is 0. The number of hydrogen-bond donors (Lipinski definition) is 1. The molecule has 0 bridgehead atoms. The van der Waals surface area contributed by atoms with Crippen LogP contribution >= 0.6 is 0 Å². The van der Waals surface area contributed by atoms with Gasteiger partial charge in [-0.15, -0.1) is 0 Å². The summed E-state index contributed by atoms with van der Waals surface area (Å²) in [5, 5.41) is 0. The van der Waals surface area contributed by atoms with E-state index in [4.69, 9.17) is 5.73 Å².